The average molecular weight is 270 g/mol. The van der Waals surface area contributed by atoms with Crippen molar-refractivity contribution in [1.82, 2.24) is 9.97 Å². The van der Waals surface area contributed by atoms with Crippen LogP contribution in [0.3, 0.4) is 0 Å². The Kier molecular flexibility index (Phi) is 2.95. The molecule has 0 saturated carbocycles. The van der Waals surface area contributed by atoms with Crippen LogP contribution in [0.4, 0.5) is 4.39 Å². The smallest absolute Gasteiger partial charge is 0.259 e. The van der Waals surface area contributed by atoms with Gasteiger partial charge in [0.05, 0.1) is 23.6 Å². The zero-order chi connectivity index (χ0) is 14.1. The van der Waals surface area contributed by atoms with E-state index in [0.717, 1.165) is 0 Å². The monoisotopic (exact) mass is 270 g/mol. The van der Waals surface area contributed by atoms with E-state index in [1.807, 2.05) is 0 Å². The summed E-state index contributed by atoms with van der Waals surface area (Å²) in [5.74, 6) is 0.117. The van der Waals surface area contributed by atoms with Crippen LogP contribution in [0.25, 0.3) is 22.3 Å². The van der Waals surface area contributed by atoms with Gasteiger partial charge in [0.25, 0.3) is 5.56 Å². The number of hydrogen-bond donors (Lipinski definition) is 1. The summed E-state index contributed by atoms with van der Waals surface area (Å²) in [6.07, 6.45) is 0. The van der Waals surface area contributed by atoms with Gasteiger partial charge in [0.15, 0.2) is 0 Å². The highest BCUT2D eigenvalue weighted by Gasteiger charge is 2.10. The van der Waals surface area contributed by atoms with Crippen molar-refractivity contribution in [1.29, 1.82) is 0 Å². The van der Waals surface area contributed by atoms with E-state index < -0.39 is 5.82 Å². The average Bonchev–Trinajstić information content (AvgIpc) is 2.47. The summed E-state index contributed by atoms with van der Waals surface area (Å²) >= 11 is 0. The first-order valence-corrected chi connectivity index (χ1v) is 6.02. The third-order valence-electron chi connectivity index (χ3n) is 3.04. The standard InChI is InChI=1S/C15H11FN2O2/c1-20-9-6-7-10(12(16)8-9)14-17-13-5-3-2-4-11(13)15(19)18-14/h2-8H,1H3,(H,17,18,19). The van der Waals surface area contributed by atoms with Crippen LogP contribution in [-0.4, -0.2) is 17.1 Å². The SMILES string of the molecule is COc1ccc(-c2nc3ccccc3c(=O)[nH]2)c(F)c1. The van der Waals surface area contributed by atoms with E-state index in [1.54, 1.807) is 30.3 Å². The number of halogens is 1. The van der Waals surface area contributed by atoms with Gasteiger partial charge in [-0.15, -0.1) is 0 Å². The molecular weight excluding hydrogens is 259 g/mol. The Bertz CT molecular complexity index is 843. The Balaban J connectivity index is 2.22. The molecule has 4 nitrogen and oxygen atoms in total. The van der Waals surface area contributed by atoms with Crippen molar-refractivity contribution in [3.63, 3.8) is 0 Å². The third kappa shape index (κ3) is 2.03. The highest BCUT2D eigenvalue weighted by Crippen LogP contribution is 2.23. The van der Waals surface area contributed by atoms with Crippen LogP contribution in [0.15, 0.2) is 47.3 Å². The second-order valence-electron chi connectivity index (χ2n) is 4.28. The molecule has 1 N–H and O–H groups in total. The number of hydrogen-bond acceptors (Lipinski definition) is 3. The van der Waals surface area contributed by atoms with Gasteiger partial charge >= 0.3 is 0 Å². The van der Waals surface area contributed by atoms with Gasteiger partial charge in [0.1, 0.15) is 17.4 Å². The Labute approximate surface area is 113 Å². The maximum absolute atomic E-state index is 14.0. The molecule has 0 amide bonds. The minimum absolute atomic E-state index is 0.203. The summed E-state index contributed by atoms with van der Waals surface area (Å²) in [6.45, 7) is 0. The van der Waals surface area contributed by atoms with Gasteiger partial charge in [-0.1, -0.05) is 12.1 Å². The fourth-order valence-electron chi connectivity index (χ4n) is 2.03. The summed E-state index contributed by atoms with van der Waals surface area (Å²) in [6, 6.07) is 11.3. The predicted octanol–water partition coefficient (Wildman–Crippen LogP) is 2.74. The van der Waals surface area contributed by atoms with Gasteiger partial charge in [0.2, 0.25) is 0 Å². The van der Waals surface area contributed by atoms with Crippen LogP contribution in [0.2, 0.25) is 0 Å². The van der Waals surface area contributed by atoms with Crippen LogP contribution < -0.4 is 10.3 Å². The Morgan fingerprint density at radius 1 is 1.20 bits per heavy atom. The van der Waals surface area contributed by atoms with E-state index in [-0.39, 0.29) is 16.9 Å². The molecule has 1 heterocycles. The number of benzene rings is 2. The highest BCUT2D eigenvalue weighted by molar-refractivity contribution is 5.79. The van der Waals surface area contributed by atoms with Crippen molar-refractivity contribution in [3.05, 3.63) is 58.6 Å². The van der Waals surface area contributed by atoms with Crippen LogP contribution in [0, 0.1) is 5.82 Å². The molecule has 0 aliphatic rings. The lowest BCUT2D eigenvalue weighted by Crippen LogP contribution is -2.09. The molecular formula is C15H11FN2O2. The van der Waals surface area contributed by atoms with Gasteiger partial charge in [0, 0.05) is 6.07 Å². The molecule has 20 heavy (non-hydrogen) atoms. The highest BCUT2D eigenvalue weighted by atomic mass is 19.1. The van der Waals surface area contributed by atoms with Crippen LogP contribution in [-0.2, 0) is 0 Å². The lowest BCUT2D eigenvalue weighted by Gasteiger charge is -2.06. The molecule has 100 valence electrons. The molecule has 5 heteroatoms. The normalized spacial score (nSPS) is 10.7. The van der Waals surface area contributed by atoms with E-state index in [1.165, 1.54) is 19.2 Å². The van der Waals surface area contributed by atoms with E-state index in [9.17, 15) is 9.18 Å². The predicted molar refractivity (Wildman–Crippen MR) is 74.3 cm³/mol. The molecule has 0 bridgehead atoms. The maximum Gasteiger partial charge on any atom is 0.259 e. The van der Waals surface area contributed by atoms with Crippen molar-refractivity contribution >= 4 is 10.9 Å². The summed E-state index contributed by atoms with van der Waals surface area (Å²) in [5, 5.41) is 0.477. The molecule has 0 saturated heterocycles. The zero-order valence-electron chi connectivity index (χ0n) is 10.7. The lowest BCUT2D eigenvalue weighted by atomic mass is 10.1. The Morgan fingerprint density at radius 3 is 2.75 bits per heavy atom. The molecule has 1 aromatic heterocycles. The summed E-state index contributed by atoms with van der Waals surface area (Å²) in [7, 11) is 1.46. The number of aromatic nitrogens is 2. The van der Waals surface area contributed by atoms with Crippen molar-refractivity contribution in [2.75, 3.05) is 7.11 Å². The summed E-state index contributed by atoms with van der Waals surface area (Å²) in [5.41, 5.74) is 0.468. The first-order valence-electron chi connectivity index (χ1n) is 6.02. The Hall–Kier alpha value is -2.69. The number of aromatic amines is 1. The number of nitrogens with zero attached hydrogens (tertiary/aromatic N) is 1. The van der Waals surface area contributed by atoms with Crippen LogP contribution in [0.1, 0.15) is 0 Å². The van der Waals surface area contributed by atoms with Gasteiger partial charge in [-0.2, -0.15) is 0 Å². The summed E-state index contributed by atoms with van der Waals surface area (Å²) < 4.78 is 19.0. The molecule has 0 fully saturated rings. The number of fused-ring (bicyclic) bond motifs is 1. The van der Waals surface area contributed by atoms with Crippen molar-refractivity contribution in [2.45, 2.75) is 0 Å². The molecule has 0 radical (unpaired) electrons. The van der Waals surface area contributed by atoms with Gasteiger partial charge in [-0.05, 0) is 24.3 Å². The van der Waals surface area contributed by atoms with Crippen molar-refractivity contribution in [3.8, 4) is 17.1 Å². The second kappa shape index (κ2) is 4.77. The largest absolute Gasteiger partial charge is 0.497 e. The second-order valence-corrected chi connectivity index (χ2v) is 4.28. The molecule has 2 aromatic carbocycles. The molecule has 0 spiro atoms. The molecule has 0 unspecified atom stereocenters. The van der Waals surface area contributed by atoms with Crippen LogP contribution in [0.5, 0.6) is 5.75 Å². The molecule has 3 rings (SSSR count). The zero-order valence-corrected chi connectivity index (χ0v) is 10.7. The van der Waals surface area contributed by atoms with E-state index in [4.69, 9.17) is 4.74 Å². The third-order valence-corrected chi connectivity index (χ3v) is 3.04. The fraction of sp³-hybridized carbons (Fsp3) is 0.0667. The molecule has 0 atom stereocenters. The van der Waals surface area contributed by atoms with E-state index in [2.05, 4.69) is 9.97 Å². The number of nitrogens with one attached hydrogen (secondary N) is 1. The first kappa shape index (κ1) is 12.3. The topological polar surface area (TPSA) is 55.0 Å². The lowest BCUT2D eigenvalue weighted by molar-refractivity contribution is 0.411. The number of ether oxygens (including phenoxy) is 1. The number of methoxy groups -OCH3 is 1. The Morgan fingerprint density at radius 2 is 2.00 bits per heavy atom. The van der Waals surface area contributed by atoms with Crippen LogP contribution >= 0.6 is 0 Å². The first-order chi connectivity index (χ1) is 9.69. The summed E-state index contributed by atoms with van der Waals surface area (Å²) in [4.78, 5) is 18.8. The van der Waals surface area contributed by atoms with E-state index >= 15 is 0 Å². The van der Waals surface area contributed by atoms with Crippen molar-refractivity contribution < 1.29 is 9.13 Å². The number of para-hydroxylation sites is 1. The van der Waals surface area contributed by atoms with Gasteiger partial charge in [-0.25, -0.2) is 9.37 Å². The molecule has 0 aliphatic heterocycles. The number of H-pyrrole nitrogens is 1. The quantitative estimate of drug-likeness (QED) is 0.779. The fourth-order valence-corrected chi connectivity index (χ4v) is 2.03. The number of rotatable bonds is 2. The minimum Gasteiger partial charge on any atom is -0.497 e. The molecule has 3 aromatic rings. The van der Waals surface area contributed by atoms with Gasteiger partial charge in [-0.3, -0.25) is 4.79 Å². The minimum atomic E-state index is -0.497. The van der Waals surface area contributed by atoms with Gasteiger partial charge < -0.3 is 9.72 Å². The molecule has 0 aliphatic carbocycles. The van der Waals surface area contributed by atoms with Crippen molar-refractivity contribution in [2.24, 2.45) is 0 Å². The maximum atomic E-state index is 14.0. The van der Waals surface area contributed by atoms with E-state index in [0.29, 0.717) is 16.7 Å².